The Morgan fingerprint density at radius 1 is 1.45 bits per heavy atom. The van der Waals surface area contributed by atoms with Gasteiger partial charge in [0.05, 0.1) is 35.9 Å². The van der Waals surface area contributed by atoms with Crippen molar-refractivity contribution in [3.8, 4) is 17.6 Å². The van der Waals surface area contributed by atoms with Crippen molar-refractivity contribution in [2.75, 3.05) is 7.11 Å². The third-order valence-corrected chi connectivity index (χ3v) is 3.36. The van der Waals surface area contributed by atoms with E-state index in [4.69, 9.17) is 30.9 Å². The molecule has 1 heterocycles. The number of benzene rings is 1. The third-order valence-electron chi connectivity index (χ3n) is 3.08. The van der Waals surface area contributed by atoms with Gasteiger partial charge in [-0.05, 0) is 19.9 Å². The highest BCUT2D eigenvalue weighted by Crippen LogP contribution is 2.36. The van der Waals surface area contributed by atoms with Gasteiger partial charge in [-0.15, -0.1) is 0 Å². The zero-order valence-electron chi connectivity index (χ0n) is 12.3. The molecule has 7 heteroatoms. The summed E-state index contributed by atoms with van der Waals surface area (Å²) in [5.41, 5.74) is 1.62. The fourth-order valence-electron chi connectivity index (χ4n) is 1.93. The standard InChI is InChI=1S/C15H13ClN2O4/c1-8-11(9(2)22-18-8)6-14(19)21-15-12(16)4-10(7-17)5-13(15)20-3/h4-5H,6H2,1-3H3. The van der Waals surface area contributed by atoms with Gasteiger partial charge in [-0.1, -0.05) is 16.8 Å². The molecular formula is C15H13ClN2O4. The third kappa shape index (κ3) is 3.21. The molecule has 0 aliphatic rings. The minimum absolute atomic E-state index is 0.000646. The monoisotopic (exact) mass is 320 g/mol. The topological polar surface area (TPSA) is 85.4 Å². The summed E-state index contributed by atoms with van der Waals surface area (Å²) in [6.45, 7) is 3.46. The number of hydrogen-bond donors (Lipinski definition) is 0. The lowest BCUT2D eigenvalue weighted by Crippen LogP contribution is -2.13. The van der Waals surface area contributed by atoms with Gasteiger partial charge in [-0.2, -0.15) is 5.26 Å². The highest BCUT2D eigenvalue weighted by molar-refractivity contribution is 6.32. The first-order valence-electron chi connectivity index (χ1n) is 6.36. The Hall–Kier alpha value is -2.52. The van der Waals surface area contributed by atoms with Gasteiger partial charge in [0.2, 0.25) is 0 Å². The lowest BCUT2D eigenvalue weighted by Gasteiger charge is -2.11. The quantitative estimate of drug-likeness (QED) is 0.636. The zero-order valence-corrected chi connectivity index (χ0v) is 13.0. The molecular weight excluding hydrogens is 308 g/mol. The molecule has 0 aliphatic heterocycles. The summed E-state index contributed by atoms with van der Waals surface area (Å²) >= 11 is 6.04. The summed E-state index contributed by atoms with van der Waals surface area (Å²) in [7, 11) is 1.40. The van der Waals surface area contributed by atoms with Crippen molar-refractivity contribution in [2.24, 2.45) is 0 Å². The van der Waals surface area contributed by atoms with E-state index in [0.717, 1.165) is 0 Å². The van der Waals surface area contributed by atoms with Crippen molar-refractivity contribution >= 4 is 17.6 Å². The molecule has 0 saturated heterocycles. The van der Waals surface area contributed by atoms with Gasteiger partial charge in [0.1, 0.15) is 5.76 Å². The maximum Gasteiger partial charge on any atom is 0.316 e. The van der Waals surface area contributed by atoms with Gasteiger partial charge in [0.15, 0.2) is 11.5 Å². The van der Waals surface area contributed by atoms with Crippen molar-refractivity contribution in [2.45, 2.75) is 20.3 Å². The first kappa shape index (κ1) is 15.9. The maximum absolute atomic E-state index is 12.1. The highest BCUT2D eigenvalue weighted by atomic mass is 35.5. The van der Waals surface area contributed by atoms with Crippen molar-refractivity contribution in [3.05, 3.63) is 39.7 Å². The van der Waals surface area contributed by atoms with Crippen LogP contribution in [0.15, 0.2) is 16.7 Å². The zero-order chi connectivity index (χ0) is 16.3. The van der Waals surface area contributed by atoms with Gasteiger partial charge in [0.25, 0.3) is 0 Å². The lowest BCUT2D eigenvalue weighted by atomic mass is 10.1. The molecule has 22 heavy (non-hydrogen) atoms. The average Bonchev–Trinajstić information content (AvgIpc) is 2.80. The number of hydrogen-bond acceptors (Lipinski definition) is 6. The summed E-state index contributed by atoms with van der Waals surface area (Å²) in [4.78, 5) is 12.1. The van der Waals surface area contributed by atoms with Crippen molar-refractivity contribution in [1.29, 1.82) is 5.26 Å². The van der Waals surface area contributed by atoms with Gasteiger partial charge >= 0.3 is 5.97 Å². The highest BCUT2D eigenvalue weighted by Gasteiger charge is 2.19. The molecule has 0 atom stereocenters. The summed E-state index contributed by atoms with van der Waals surface area (Å²) in [6.07, 6.45) is 0.000646. The molecule has 0 spiro atoms. The van der Waals surface area contributed by atoms with Crippen molar-refractivity contribution in [3.63, 3.8) is 0 Å². The number of carbonyl (C=O) groups is 1. The Bertz CT molecular complexity index is 742. The maximum atomic E-state index is 12.1. The van der Waals surface area contributed by atoms with E-state index in [9.17, 15) is 4.79 Å². The number of aryl methyl sites for hydroxylation is 2. The van der Waals surface area contributed by atoms with E-state index < -0.39 is 5.97 Å². The molecule has 1 aromatic heterocycles. The van der Waals surface area contributed by atoms with Crippen molar-refractivity contribution < 1.29 is 18.8 Å². The van der Waals surface area contributed by atoms with Crippen LogP contribution in [0.1, 0.15) is 22.6 Å². The Labute approximate surface area is 132 Å². The van der Waals surface area contributed by atoms with Crippen molar-refractivity contribution in [1.82, 2.24) is 5.16 Å². The average molecular weight is 321 g/mol. The van der Waals surface area contributed by atoms with Gasteiger partial charge in [-0.3, -0.25) is 4.79 Å². The summed E-state index contributed by atoms with van der Waals surface area (Å²) in [5, 5.41) is 12.8. The fraction of sp³-hybridized carbons (Fsp3) is 0.267. The predicted octanol–water partition coefficient (Wildman–Crippen LogP) is 2.97. The van der Waals surface area contributed by atoms with Crippen LogP contribution in [-0.4, -0.2) is 18.2 Å². The van der Waals surface area contributed by atoms with E-state index in [-0.39, 0.29) is 22.9 Å². The second kappa shape index (κ2) is 6.50. The Morgan fingerprint density at radius 2 is 2.18 bits per heavy atom. The summed E-state index contributed by atoms with van der Waals surface area (Å²) in [5.74, 6) is 0.336. The molecule has 114 valence electrons. The molecule has 6 nitrogen and oxygen atoms in total. The van der Waals surface area contributed by atoms with E-state index in [2.05, 4.69) is 5.16 Å². The van der Waals surface area contributed by atoms with Crippen LogP contribution in [-0.2, 0) is 11.2 Å². The van der Waals surface area contributed by atoms with Crippen LogP contribution >= 0.6 is 11.6 Å². The second-order valence-corrected chi connectivity index (χ2v) is 4.96. The number of aromatic nitrogens is 1. The molecule has 1 aromatic carbocycles. The normalized spacial score (nSPS) is 10.1. The smallest absolute Gasteiger partial charge is 0.316 e. The van der Waals surface area contributed by atoms with Crippen LogP contribution in [0.25, 0.3) is 0 Å². The molecule has 0 unspecified atom stereocenters. The molecule has 2 rings (SSSR count). The van der Waals surface area contributed by atoms with Gasteiger partial charge < -0.3 is 14.0 Å². The molecule has 0 bridgehead atoms. The number of carbonyl (C=O) groups excluding carboxylic acids is 1. The Balaban J connectivity index is 2.24. The van der Waals surface area contributed by atoms with E-state index in [1.54, 1.807) is 13.8 Å². The number of nitrogens with zero attached hydrogens (tertiary/aromatic N) is 2. The van der Waals surface area contributed by atoms with E-state index in [1.165, 1.54) is 19.2 Å². The molecule has 0 amide bonds. The van der Waals surface area contributed by atoms with Crippen LogP contribution in [0.2, 0.25) is 5.02 Å². The SMILES string of the molecule is COc1cc(C#N)cc(Cl)c1OC(=O)Cc1c(C)noc1C. The predicted molar refractivity (Wildman–Crippen MR) is 78.0 cm³/mol. The van der Waals surface area contributed by atoms with E-state index in [1.807, 2.05) is 6.07 Å². The van der Waals surface area contributed by atoms with Gasteiger partial charge in [0, 0.05) is 11.6 Å². The summed E-state index contributed by atoms with van der Waals surface area (Å²) < 4.78 is 15.4. The van der Waals surface area contributed by atoms with Crippen LogP contribution in [0, 0.1) is 25.2 Å². The fourth-order valence-corrected chi connectivity index (χ4v) is 2.18. The lowest BCUT2D eigenvalue weighted by molar-refractivity contribution is -0.133. The number of rotatable bonds is 4. The largest absolute Gasteiger partial charge is 0.493 e. The molecule has 0 aliphatic carbocycles. The first-order chi connectivity index (χ1) is 10.5. The molecule has 0 fully saturated rings. The minimum atomic E-state index is -0.528. The molecule has 0 N–H and O–H groups in total. The number of ether oxygens (including phenoxy) is 2. The summed E-state index contributed by atoms with van der Waals surface area (Å²) in [6, 6.07) is 4.80. The first-order valence-corrected chi connectivity index (χ1v) is 6.74. The van der Waals surface area contributed by atoms with E-state index in [0.29, 0.717) is 22.6 Å². The number of halogens is 1. The van der Waals surface area contributed by atoms with Gasteiger partial charge in [-0.25, -0.2) is 0 Å². The van der Waals surface area contributed by atoms with E-state index >= 15 is 0 Å². The Kier molecular flexibility index (Phi) is 4.68. The Morgan fingerprint density at radius 3 is 2.73 bits per heavy atom. The number of methoxy groups -OCH3 is 1. The second-order valence-electron chi connectivity index (χ2n) is 4.55. The molecule has 0 radical (unpaired) electrons. The van der Waals surface area contributed by atoms with Crippen LogP contribution < -0.4 is 9.47 Å². The van der Waals surface area contributed by atoms with Crippen LogP contribution in [0.3, 0.4) is 0 Å². The van der Waals surface area contributed by atoms with Crippen LogP contribution in [0.4, 0.5) is 0 Å². The number of nitriles is 1. The molecule has 2 aromatic rings. The number of esters is 1. The molecule has 0 saturated carbocycles. The van der Waals surface area contributed by atoms with Crippen LogP contribution in [0.5, 0.6) is 11.5 Å². The minimum Gasteiger partial charge on any atom is -0.493 e.